The maximum atomic E-state index is 12.5. The van der Waals surface area contributed by atoms with Crippen molar-refractivity contribution in [2.75, 3.05) is 11.9 Å². The minimum atomic E-state index is -0.410. The monoisotopic (exact) mass is 349 g/mol. The van der Waals surface area contributed by atoms with Crippen LogP contribution in [0.3, 0.4) is 0 Å². The molecule has 0 unspecified atom stereocenters. The number of fused-ring (bicyclic) bond motifs is 1. The fourth-order valence-electron chi connectivity index (χ4n) is 2.87. The summed E-state index contributed by atoms with van der Waals surface area (Å²) in [4.78, 5) is 37.0. The van der Waals surface area contributed by atoms with Crippen molar-refractivity contribution >= 4 is 34.4 Å². The second-order valence-corrected chi connectivity index (χ2v) is 5.91. The van der Waals surface area contributed by atoms with Crippen LogP contribution in [0.15, 0.2) is 48.5 Å². The number of hydrogen-bond donors (Lipinski definition) is 3. The average molecular weight is 349 g/mol. The molecule has 0 aliphatic carbocycles. The van der Waals surface area contributed by atoms with E-state index in [4.69, 9.17) is 0 Å². The van der Waals surface area contributed by atoms with E-state index in [-0.39, 0.29) is 24.9 Å². The zero-order valence-corrected chi connectivity index (χ0v) is 13.7. The third-order valence-electron chi connectivity index (χ3n) is 4.15. The Hall–Kier alpha value is -3.68. The molecule has 0 saturated carbocycles. The maximum Gasteiger partial charge on any atom is 0.324 e. The Balaban J connectivity index is 1.52. The van der Waals surface area contributed by atoms with E-state index in [2.05, 4.69) is 20.8 Å². The summed E-state index contributed by atoms with van der Waals surface area (Å²) < 4.78 is 0. The van der Waals surface area contributed by atoms with Gasteiger partial charge in [0, 0.05) is 11.1 Å². The molecule has 1 aliphatic heterocycles. The Morgan fingerprint density at radius 3 is 2.81 bits per heavy atom. The van der Waals surface area contributed by atoms with E-state index in [1.807, 2.05) is 24.3 Å². The molecule has 0 atom stereocenters. The summed E-state index contributed by atoms with van der Waals surface area (Å²) in [5, 5.41) is 12.9. The first-order valence-corrected chi connectivity index (χ1v) is 8.03. The van der Waals surface area contributed by atoms with Crippen LogP contribution in [0.1, 0.15) is 16.1 Å². The first kappa shape index (κ1) is 15.8. The number of nitrogens with zero attached hydrogens (tertiary/aromatic N) is 2. The number of para-hydroxylation sites is 1. The zero-order valence-electron chi connectivity index (χ0n) is 13.7. The van der Waals surface area contributed by atoms with Gasteiger partial charge in [-0.1, -0.05) is 30.3 Å². The lowest BCUT2D eigenvalue weighted by atomic mass is 10.1. The Morgan fingerprint density at radius 2 is 2.00 bits per heavy atom. The molecule has 3 N–H and O–H groups in total. The van der Waals surface area contributed by atoms with Crippen molar-refractivity contribution in [3.05, 3.63) is 59.8 Å². The van der Waals surface area contributed by atoms with E-state index >= 15 is 0 Å². The molecule has 130 valence electrons. The first-order valence-electron chi connectivity index (χ1n) is 8.03. The van der Waals surface area contributed by atoms with Gasteiger partial charge in [-0.2, -0.15) is 5.10 Å². The van der Waals surface area contributed by atoms with Gasteiger partial charge in [-0.3, -0.25) is 19.6 Å². The quantitative estimate of drug-likeness (QED) is 0.625. The van der Waals surface area contributed by atoms with Crippen molar-refractivity contribution in [1.82, 2.24) is 20.4 Å². The number of benzene rings is 2. The highest BCUT2D eigenvalue weighted by Crippen LogP contribution is 2.18. The molecular formula is C18H15N5O3. The number of amides is 4. The molecule has 1 aliphatic rings. The molecule has 4 amide bonds. The number of carbonyl (C=O) groups is 3. The number of nitrogens with one attached hydrogen (secondary N) is 3. The van der Waals surface area contributed by atoms with E-state index in [1.54, 1.807) is 24.3 Å². The number of aromatic nitrogens is 2. The number of carbonyl (C=O) groups excluding carboxylic acids is 3. The summed E-state index contributed by atoms with van der Waals surface area (Å²) in [6.45, 7) is 0.168. The lowest BCUT2D eigenvalue weighted by Crippen LogP contribution is -2.30. The van der Waals surface area contributed by atoms with E-state index < -0.39 is 6.03 Å². The molecule has 0 spiro atoms. The van der Waals surface area contributed by atoms with Crippen LogP contribution in [0.4, 0.5) is 10.5 Å². The summed E-state index contributed by atoms with van der Waals surface area (Å²) in [6, 6.07) is 14.0. The molecule has 0 bridgehead atoms. The number of imide groups is 1. The van der Waals surface area contributed by atoms with Crippen LogP contribution in [0.25, 0.3) is 10.9 Å². The molecule has 1 saturated heterocycles. The van der Waals surface area contributed by atoms with Crippen LogP contribution in [-0.4, -0.2) is 39.5 Å². The first-order chi connectivity index (χ1) is 12.6. The van der Waals surface area contributed by atoms with E-state index in [0.29, 0.717) is 11.4 Å². The van der Waals surface area contributed by atoms with Gasteiger partial charge in [0.1, 0.15) is 0 Å². The molecule has 4 rings (SSSR count). The molecule has 8 heteroatoms. The van der Waals surface area contributed by atoms with Crippen molar-refractivity contribution in [2.45, 2.75) is 6.54 Å². The summed E-state index contributed by atoms with van der Waals surface area (Å²) in [5.41, 5.74) is 2.39. The standard InChI is InChI=1S/C18H15N5O3/c24-15-9-19-18(26)23(15)10-11-4-3-5-12(8-11)20-17(25)16-13-6-1-2-7-14(13)21-22-16/h1-8H,9-10H2,(H,19,26)(H,20,25)(H,21,22). The Bertz CT molecular complexity index is 1010. The fourth-order valence-corrected chi connectivity index (χ4v) is 2.87. The fraction of sp³-hybridized carbons (Fsp3) is 0.111. The average Bonchev–Trinajstić information content (AvgIpc) is 3.21. The largest absolute Gasteiger partial charge is 0.329 e. The van der Waals surface area contributed by atoms with Crippen molar-refractivity contribution in [3.8, 4) is 0 Å². The van der Waals surface area contributed by atoms with Crippen LogP contribution in [0, 0.1) is 0 Å². The third kappa shape index (κ3) is 2.88. The van der Waals surface area contributed by atoms with E-state index in [0.717, 1.165) is 21.4 Å². The Labute approximate surface area is 148 Å². The van der Waals surface area contributed by atoms with Gasteiger partial charge in [0.15, 0.2) is 5.69 Å². The van der Waals surface area contributed by atoms with Crippen LogP contribution in [-0.2, 0) is 11.3 Å². The summed E-state index contributed by atoms with van der Waals surface area (Å²) >= 11 is 0. The molecule has 26 heavy (non-hydrogen) atoms. The second kappa shape index (κ2) is 6.32. The molecule has 2 heterocycles. The highest BCUT2D eigenvalue weighted by atomic mass is 16.2. The Kier molecular flexibility index (Phi) is 3.85. The van der Waals surface area contributed by atoms with Gasteiger partial charge in [-0.25, -0.2) is 4.79 Å². The van der Waals surface area contributed by atoms with Gasteiger partial charge in [0.25, 0.3) is 5.91 Å². The van der Waals surface area contributed by atoms with Crippen molar-refractivity contribution in [2.24, 2.45) is 0 Å². The minimum Gasteiger partial charge on any atom is -0.329 e. The Morgan fingerprint density at radius 1 is 1.15 bits per heavy atom. The number of aromatic amines is 1. The number of anilines is 1. The molecule has 8 nitrogen and oxygen atoms in total. The molecule has 1 aromatic heterocycles. The predicted octanol–water partition coefficient (Wildman–Crippen LogP) is 1.87. The predicted molar refractivity (Wildman–Crippen MR) is 94.4 cm³/mol. The van der Waals surface area contributed by atoms with Crippen LogP contribution in [0.5, 0.6) is 0 Å². The number of H-pyrrole nitrogens is 1. The lowest BCUT2D eigenvalue weighted by Gasteiger charge is -2.13. The number of urea groups is 1. The summed E-state index contributed by atoms with van der Waals surface area (Å²) in [5.74, 6) is -0.609. The highest BCUT2D eigenvalue weighted by Gasteiger charge is 2.28. The third-order valence-corrected chi connectivity index (χ3v) is 4.15. The van der Waals surface area contributed by atoms with E-state index in [1.165, 1.54) is 0 Å². The van der Waals surface area contributed by atoms with Crippen LogP contribution < -0.4 is 10.6 Å². The van der Waals surface area contributed by atoms with Gasteiger partial charge in [-0.05, 0) is 23.8 Å². The SMILES string of the molecule is O=C(Nc1cccc(CN2C(=O)CNC2=O)c1)c1n[nH]c2ccccc12. The molecule has 3 aromatic rings. The highest BCUT2D eigenvalue weighted by molar-refractivity contribution is 6.11. The number of hydrogen-bond acceptors (Lipinski definition) is 4. The van der Waals surface area contributed by atoms with Crippen molar-refractivity contribution in [3.63, 3.8) is 0 Å². The summed E-state index contributed by atoms with van der Waals surface area (Å²) in [7, 11) is 0. The molecule has 2 aromatic carbocycles. The molecule has 0 radical (unpaired) electrons. The minimum absolute atomic E-state index is 0.0154. The van der Waals surface area contributed by atoms with Crippen molar-refractivity contribution < 1.29 is 14.4 Å². The lowest BCUT2D eigenvalue weighted by molar-refractivity contribution is -0.125. The summed E-state index contributed by atoms with van der Waals surface area (Å²) in [6.07, 6.45) is 0. The van der Waals surface area contributed by atoms with Crippen molar-refractivity contribution in [1.29, 1.82) is 0 Å². The van der Waals surface area contributed by atoms with Gasteiger partial charge in [0.2, 0.25) is 5.91 Å². The smallest absolute Gasteiger partial charge is 0.324 e. The van der Waals surface area contributed by atoms with Gasteiger partial charge >= 0.3 is 6.03 Å². The van der Waals surface area contributed by atoms with Crippen LogP contribution >= 0.6 is 0 Å². The normalized spacial score (nSPS) is 13.9. The maximum absolute atomic E-state index is 12.5. The van der Waals surface area contributed by atoms with Gasteiger partial charge in [0.05, 0.1) is 18.6 Å². The zero-order chi connectivity index (χ0) is 18.1. The number of rotatable bonds is 4. The second-order valence-electron chi connectivity index (χ2n) is 5.91. The topological polar surface area (TPSA) is 107 Å². The van der Waals surface area contributed by atoms with Crippen LogP contribution in [0.2, 0.25) is 0 Å². The van der Waals surface area contributed by atoms with E-state index in [9.17, 15) is 14.4 Å². The molecular weight excluding hydrogens is 334 g/mol. The van der Waals surface area contributed by atoms with Gasteiger partial charge < -0.3 is 10.6 Å². The van der Waals surface area contributed by atoms with Gasteiger partial charge in [-0.15, -0.1) is 0 Å². The molecule has 1 fully saturated rings.